The van der Waals surface area contributed by atoms with Crippen LogP contribution in [0.3, 0.4) is 0 Å². The number of benzene rings is 1. The van der Waals surface area contributed by atoms with Gasteiger partial charge in [-0.15, -0.1) is 0 Å². The van der Waals surface area contributed by atoms with E-state index in [9.17, 15) is 8.78 Å². The van der Waals surface area contributed by atoms with Gasteiger partial charge in [0.1, 0.15) is 23.0 Å². The van der Waals surface area contributed by atoms with E-state index in [1.54, 1.807) is 17.3 Å². The predicted molar refractivity (Wildman–Crippen MR) is 94.9 cm³/mol. The Hall–Kier alpha value is -2.80. The molecule has 0 radical (unpaired) electrons. The lowest BCUT2D eigenvalue weighted by atomic mass is 9.99. The molecule has 1 aliphatic rings. The summed E-state index contributed by atoms with van der Waals surface area (Å²) >= 11 is 0. The zero-order valence-electron chi connectivity index (χ0n) is 14.3. The molecule has 0 spiro atoms. The molecule has 7 heteroatoms. The first kappa shape index (κ1) is 16.7. The average molecular weight is 356 g/mol. The lowest BCUT2D eigenvalue weighted by Crippen LogP contribution is -2.37. The van der Waals surface area contributed by atoms with Gasteiger partial charge in [-0.25, -0.2) is 8.78 Å². The Morgan fingerprint density at radius 3 is 2.35 bits per heavy atom. The van der Waals surface area contributed by atoms with Gasteiger partial charge in [0, 0.05) is 42.3 Å². The maximum absolute atomic E-state index is 14.8. The van der Waals surface area contributed by atoms with Crippen molar-refractivity contribution in [3.63, 3.8) is 0 Å². The Morgan fingerprint density at radius 2 is 1.69 bits per heavy atom. The van der Waals surface area contributed by atoms with E-state index in [2.05, 4.69) is 15.2 Å². The van der Waals surface area contributed by atoms with Crippen LogP contribution in [0.2, 0.25) is 0 Å². The molecule has 0 aliphatic carbocycles. The molecule has 0 atom stereocenters. The highest BCUT2D eigenvalue weighted by molar-refractivity contribution is 5.83. The summed E-state index contributed by atoms with van der Waals surface area (Å²) in [5.41, 5.74) is 3.36. The van der Waals surface area contributed by atoms with E-state index in [0.29, 0.717) is 43.1 Å². The van der Waals surface area contributed by atoms with Crippen LogP contribution in [0, 0.1) is 18.6 Å². The van der Waals surface area contributed by atoms with Crippen molar-refractivity contribution in [2.24, 2.45) is 0 Å². The SMILES string of the molecule is Cc1[nH]nc(-c2ccncc2)c1-c1cc(F)c(N2CCOCC2)c(F)c1. The normalized spacial score (nSPS) is 14.7. The fraction of sp³-hybridized carbons (Fsp3) is 0.263. The number of aryl methyl sites for hydroxylation is 1. The molecule has 1 N–H and O–H groups in total. The minimum Gasteiger partial charge on any atom is -0.378 e. The van der Waals surface area contributed by atoms with Crippen molar-refractivity contribution in [1.82, 2.24) is 15.2 Å². The zero-order chi connectivity index (χ0) is 18.1. The Bertz CT molecular complexity index is 898. The number of anilines is 1. The lowest BCUT2D eigenvalue weighted by molar-refractivity contribution is 0.122. The van der Waals surface area contributed by atoms with Crippen LogP contribution >= 0.6 is 0 Å². The van der Waals surface area contributed by atoms with E-state index in [4.69, 9.17) is 4.74 Å². The van der Waals surface area contributed by atoms with Crippen LogP contribution in [0.25, 0.3) is 22.4 Å². The summed E-state index contributed by atoms with van der Waals surface area (Å²) in [7, 11) is 0. The summed E-state index contributed by atoms with van der Waals surface area (Å²) in [5, 5.41) is 7.22. The van der Waals surface area contributed by atoms with Gasteiger partial charge in [-0.3, -0.25) is 10.1 Å². The zero-order valence-corrected chi connectivity index (χ0v) is 14.3. The van der Waals surface area contributed by atoms with Crippen LogP contribution in [0.4, 0.5) is 14.5 Å². The predicted octanol–water partition coefficient (Wildman–Crippen LogP) is 3.56. The van der Waals surface area contributed by atoms with Crippen molar-refractivity contribution < 1.29 is 13.5 Å². The third-order valence-corrected chi connectivity index (χ3v) is 4.53. The molecular weight excluding hydrogens is 338 g/mol. The summed E-state index contributed by atoms with van der Waals surface area (Å²) in [5.74, 6) is -1.16. The van der Waals surface area contributed by atoms with Crippen molar-refractivity contribution in [2.45, 2.75) is 6.92 Å². The average Bonchev–Trinajstić information content (AvgIpc) is 3.04. The van der Waals surface area contributed by atoms with Crippen LogP contribution in [-0.2, 0) is 4.74 Å². The van der Waals surface area contributed by atoms with E-state index in [1.165, 1.54) is 12.1 Å². The molecule has 3 heterocycles. The molecule has 1 fully saturated rings. The van der Waals surface area contributed by atoms with Crippen LogP contribution < -0.4 is 4.90 Å². The van der Waals surface area contributed by atoms with E-state index < -0.39 is 11.6 Å². The van der Waals surface area contributed by atoms with E-state index in [0.717, 1.165) is 11.3 Å². The van der Waals surface area contributed by atoms with Crippen LogP contribution in [0.1, 0.15) is 5.69 Å². The summed E-state index contributed by atoms with van der Waals surface area (Å²) in [6, 6.07) is 6.37. The van der Waals surface area contributed by atoms with Crippen molar-refractivity contribution in [3.8, 4) is 22.4 Å². The second-order valence-electron chi connectivity index (χ2n) is 6.20. The number of hydrogen-bond acceptors (Lipinski definition) is 4. The fourth-order valence-corrected chi connectivity index (χ4v) is 3.30. The van der Waals surface area contributed by atoms with Gasteiger partial charge in [0.2, 0.25) is 0 Å². The first-order valence-corrected chi connectivity index (χ1v) is 8.42. The van der Waals surface area contributed by atoms with Crippen molar-refractivity contribution in [1.29, 1.82) is 0 Å². The topological polar surface area (TPSA) is 54.0 Å². The van der Waals surface area contributed by atoms with Gasteiger partial charge in [0.25, 0.3) is 0 Å². The molecule has 1 aromatic carbocycles. The number of nitrogens with one attached hydrogen (secondary N) is 1. The first-order valence-electron chi connectivity index (χ1n) is 8.42. The van der Waals surface area contributed by atoms with Crippen molar-refractivity contribution in [2.75, 3.05) is 31.2 Å². The summed E-state index contributed by atoms with van der Waals surface area (Å²) < 4.78 is 34.8. The molecule has 26 heavy (non-hydrogen) atoms. The summed E-state index contributed by atoms with van der Waals surface area (Å²) in [6.07, 6.45) is 3.32. The number of ether oxygens (including phenoxy) is 1. The molecular formula is C19H18F2N4O. The molecule has 0 amide bonds. The number of rotatable bonds is 3. The molecule has 134 valence electrons. The smallest absolute Gasteiger partial charge is 0.150 e. The van der Waals surface area contributed by atoms with Gasteiger partial charge in [-0.05, 0) is 36.8 Å². The minimum atomic E-state index is -0.580. The van der Waals surface area contributed by atoms with E-state index >= 15 is 0 Å². The second kappa shape index (κ2) is 6.84. The fourth-order valence-electron chi connectivity index (χ4n) is 3.30. The molecule has 5 nitrogen and oxygen atoms in total. The summed E-state index contributed by atoms with van der Waals surface area (Å²) in [6.45, 7) is 3.71. The molecule has 4 rings (SSSR count). The molecule has 3 aromatic rings. The molecule has 2 aromatic heterocycles. The monoisotopic (exact) mass is 356 g/mol. The number of nitrogens with zero attached hydrogens (tertiary/aromatic N) is 3. The highest BCUT2D eigenvalue weighted by Gasteiger charge is 2.23. The second-order valence-corrected chi connectivity index (χ2v) is 6.20. The largest absolute Gasteiger partial charge is 0.378 e. The van der Waals surface area contributed by atoms with Gasteiger partial charge in [0.05, 0.1) is 13.2 Å². The number of morpholine rings is 1. The number of H-pyrrole nitrogens is 1. The van der Waals surface area contributed by atoms with Gasteiger partial charge < -0.3 is 9.64 Å². The third-order valence-electron chi connectivity index (χ3n) is 4.53. The molecule has 0 bridgehead atoms. The highest BCUT2D eigenvalue weighted by Crippen LogP contribution is 2.36. The Labute approximate surface area is 149 Å². The highest BCUT2D eigenvalue weighted by atomic mass is 19.1. The number of pyridine rings is 1. The van der Waals surface area contributed by atoms with Crippen LogP contribution in [0.15, 0.2) is 36.7 Å². The summed E-state index contributed by atoms with van der Waals surface area (Å²) in [4.78, 5) is 5.68. The Balaban J connectivity index is 1.79. The molecule has 1 saturated heterocycles. The van der Waals surface area contributed by atoms with E-state index in [-0.39, 0.29) is 5.69 Å². The van der Waals surface area contributed by atoms with E-state index in [1.807, 2.05) is 19.1 Å². The van der Waals surface area contributed by atoms with Crippen molar-refractivity contribution in [3.05, 3.63) is 54.0 Å². The van der Waals surface area contributed by atoms with Gasteiger partial charge in [-0.1, -0.05) is 0 Å². The van der Waals surface area contributed by atoms with Crippen molar-refractivity contribution >= 4 is 5.69 Å². The van der Waals surface area contributed by atoms with Gasteiger partial charge in [0.15, 0.2) is 0 Å². The standard InChI is InChI=1S/C19H18F2N4O/c1-12-17(18(24-23-12)13-2-4-22-5-3-13)14-10-15(20)19(16(21)11-14)25-6-8-26-9-7-25/h2-5,10-11H,6-9H2,1H3,(H,23,24). The molecule has 0 unspecified atom stereocenters. The molecule has 1 aliphatic heterocycles. The maximum atomic E-state index is 14.8. The van der Waals surface area contributed by atoms with Gasteiger partial charge >= 0.3 is 0 Å². The lowest BCUT2D eigenvalue weighted by Gasteiger charge is -2.29. The number of halogens is 2. The third kappa shape index (κ3) is 2.94. The number of aromatic nitrogens is 3. The minimum absolute atomic E-state index is 0.00339. The molecule has 0 saturated carbocycles. The Morgan fingerprint density at radius 1 is 1.04 bits per heavy atom. The Kier molecular flexibility index (Phi) is 4.38. The quantitative estimate of drug-likeness (QED) is 0.780. The number of aromatic amines is 1. The van der Waals surface area contributed by atoms with Crippen LogP contribution in [0.5, 0.6) is 0 Å². The van der Waals surface area contributed by atoms with Crippen LogP contribution in [-0.4, -0.2) is 41.5 Å². The first-order chi connectivity index (χ1) is 12.6. The number of hydrogen-bond donors (Lipinski definition) is 1. The van der Waals surface area contributed by atoms with Gasteiger partial charge in [-0.2, -0.15) is 5.10 Å². The maximum Gasteiger partial charge on any atom is 0.150 e.